The second kappa shape index (κ2) is 43.5. The number of allylic oxidation sites excluding steroid dienone is 4. The van der Waals surface area contributed by atoms with E-state index in [2.05, 4.69) is 32.1 Å². The number of likely N-dealkylation sites (N-methyl/N-ethyl adjacent to an activating group) is 1. The van der Waals surface area contributed by atoms with Crippen LogP contribution in [0.2, 0.25) is 0 Å². The van der Waals surface area contributed by atoms with Gasteiger partial charge in [-0.3, -0.25) is 9.59 Å². The van der Waals surface area contributed by atoms with Crippen molar-refractivity contribution in [3.63, 3.8) is 0 Å². The van der Waals surface area contributed by atoms with Crippen LogP contribution in [0.4, 0.5) is 0 Å². The molecule has 2 unspecified atom stereocenters. The van der Waals surface area contributed by atoms with Crippen LogP contribution >= 0.6 is 0 Å². The third-order valence-electron chi connectivity index (χ3n) is 11.6. The number of aliphatic carboxylic acids is 1. The largest absolute Gasteiger partial charge is 0.477 e. The van der Waals surface area contributed by atoms with E-state index in [0.29, 0.717) is 19.3 Å². The van der Waals surface area contributed by atoms with Gasteiger partial charge in [0.2, 0.25) is 0 Å². The van der Waals surface area contributed by atoms with Crippen LogP contribution in [0, 0.1) is 0 Å². The van der Waals surface area contributed by atoms with Gasteiger partial charge in [0.1, 0.15) is 6.61 Å². The van der Waals surface area contributed by atoms with E-state index < -0.39 is 18.1 Å². The maximum Gasteiger partial charge on any atom is 0.362 e. The molecular formula is C52H98NO7+. The van der Waals surface area contributed by atoms with Gasteiger partial charge in [0.25, 0.3) is 0 Å². The first kappa shape index (κ1) is 57.8. The van der Waals surface area contributed by atoms with Gasteiger partial charge in [0, 0.05) is 19.3 Å². The van der Waals surface area contributed by atoms with Crippen LogP contribution in [-0.2, 0) is 28.6 Å². The van der Waals surface area contributed by atoms with Crippen molar-refractivity contribution in [1.82, 2.24) is 0 Å². The first-order chi connectivity index (χ1) is 29.1. The molecule has 0 heterocycles. The Morgan fingerprint density at radius 3 is 1.35 bits per heavy atom. The van der Waals surface area contributed by atoms with Gasteiger partial charge in [-0.1, -0.05) is 212 Å². The highest BCUT2D eigenvalue weighted by Crippen LogP contribution is 2.17. The Labute approximate surface area is 371 Å². The average Bonchev–Trinajstić information content (AvgIpc) is 3.21. The van der Waals surface area contributed by atoms with E-state index in [1.165, 1.54) is 167 Å². The Kier molecular flexibility index (Phi) is 41.9. The minimum absolute atomic E-state index is 0.0485. The zero-order chi connectivity index (χ0) is 44.2. The van der Waals surface area contributed by atoms with Crippen molar-refractivity contribution < 1.29 is 38.2 Å². The second-order valence-corrected chi connectivity index (χ2v) is 18.4. The smallest absolute Gasteiger partial charge is 0.362 e. The monoisotopic (exact) mass is 849 g/mol. The van der Waals surface area contributed by atoms with Gasteiger partial charge in [-0.05, 0) is 32.1 Å². The number of rotatable bonds is 46. The molecule has 0 aliphatic rings. The van der Waals surface area contributed by atoms with E-state index in [-0.39, 0.29) is 42.7 Å². The number of carbonyl (C=O) groups excluding carboxylic acids is 2. The van der Waals surface area contributed by atoms with Crippen LogP contribution in [0.15, 0.2) is 24.3 Å². The van der Waals surface area contributed by atoms with Gasteiger partial charge in [-0.2, -0.15) is 0 Å². The summed E-state index contributed by atoms with van der Waals surface area (Å²) in [5, 5.41) is 9.64. The predicted octanol–water partition coefficient (Wildman–Crippen LogP) is 14.4. The maximum absolute atomic E-state index is 12.8. The molecule has 0 bridgehead atoms. The molecule has 0 aromatic heterocycles. The van der Waals surface area contributed by atoms with Crippen molar-refractivity contribution in [2.45, 2.75) is 251 Å². The van der Waals surface area contributed by atoms with Crippen molar-refractivity contribution >= 4 is 17.9 Å². The first-order valence-electron chi connectivity index (χ1n) is 25.4. The van der Waals surface area contributed by atoms with E-state index in [4.69, 9.17) is 14.2 Å². The molecule has 0 aromatic carbocycles. The molecule has 0 saturated heterocycles. The summed E-state index contributed by atoms with van der Waals surface area (Å²) in [7, 11) is 5.53. The van der Waals surface area contributed by atoms with Crippen molar-refractivity contribution in [2.75, 3.05) is 41.0 Å². The summed E-state index contributed by atoms with van der Waals surface area (Å²) >= 11 is 0. The van der Waals surface area contributed by atoms with E-state index >= 15 is 0 Å². The average molecular weight is 849 g/mol. The lowest BCUT2D eigenvalue weighted by molar-refractivity contribution is -0.887. The molecule has 0 aromatic rings. The number of carboxylic acid groups (broad SMARTS) is 1. The number of hydrogen-bond donors (Lipinski definition) is 1. The molecular weight excluding hydrogens is 751 g/mol. The second-order valence-electron chi connectivity index (χ2n) is 18.4. The third-order valence-corrected chi connectivity index (χ3v) is 11.6. The van der Waals surface area contributed by atoms with Crippen LogP contribution in [0.3, 0.4) is 0 Å². The minimum Gasteiger partial charge on any atom is -0.477 e. The Bertz CT molecular complexity index is 1040. The Morgan fingerprint density at radius 1 is 0.500 bits per heavy atom. The molecule has 0 aliphatic heterocycles. The van der Waals surface area contributed by atoms with Crippen molar-refractivity contribution in [2.24, 2.45) is 0 Å². The van der Waals surface area contributed by atoms with Gasteiger partial charge < -0.3 is 23.8 Å². The summed E-state index contributed by atoms with van der Waals surface area (Å²) in [6.07, 6.45) is 49.7. The fourth-order valence-electron chi connectivity index (χ4n) is 7.68. The van der Waals surface area contributed by atoms with E-state index in [0.717, 1.165) is 32.1 Å². The number of hydrogen-bond acceptors (Lipinski definition) is 6. The molecule has 0 fully saturated rings. The molecule has 0 spiro atoms. The highest BCUT2D eigenvalue weighted by molar-refractivity contribution is 5.72. The van der Waals surface area contributed by atoms with E-state index in [1.54, 1.807) is 0 Å². The fourth-order valence-corrected chi connectivity index (χ4v) is 7.68. The number of carbonyl (C=O) groups is 3. The lowest BCUT2D eigenvalue weighted by Crippen LogP contribution is -2.50. The molecule has 60 heavy (non-hydrogen) atoms. The number of carboxylic acids is 1. The van der Waals surface area contributed by atoms with Gasteiger partial charge in [0.15, 0.2) is 12.1 Å². The molecule has 8 heteroatoms. The fraction of sp³-hybridized carbons (Fsp3) is 0.865. The molecule has 1 N–H and O–H groups in total. The quantitative estimate of drug-likeness (QED) is 0.0282. The van der Waals surface area contributed by atoms with Crippen LogP contribution in [0.1, 0.15) is 239 Å². The van der Waals surface area contributed by atoms with Crippen molar-refractivity contribution in [1.29, 1.82) is 0 Å². The zero-order valence-electron chi connectivity index (χ0n) is 40.2. The highest BCUT2D eigenvalue weighted by Gasteiger charge is 2.31. The molecule has 0 amide bonds. The molecule has 0 rings (SSSR count). The minimum atomic E-state index is -0.878. The predicted molar refractivity (Wildman–Crippen MR) is 252 cm³/mol. The molecule has 2 atom stereocenters. The topological polar surface area (TPSA) is 99.1 Å². The molecule has 0 radical (unpaired) electrons. The summed E-state index contributed by atoms with van der Waals surface area (Å²) in [6.45, 7) is 4.70. The molecule has 352 valence electrons. The summed E-state index contributed by atoms with van der Waals surface area (Å²) < 4.78 is 17.3. The summed E-state index contributed by atoms with van der Waals surface area (Å²) in [5.74, 6) is -1.54. The summed E-state index contributed by atoms with van der Waals surface area (Å²) in [6, 6.07) is -0.619. The van der Waals surface area contributed by atoms with Gasteiger partial charge >= 0.3 is 17.9 Å². The lowest BCUT2D eigenvalue weighted by atomic mass is 10.0. The number of ether oxygens (including phenoxy) is 3. The van der Waals surface area contributed by atoms with Crippen molar-refractivity contribution in [3.05, 3.63) is 24.3 Å². The van der Waals surface area contributed by atoms with E-state index in [1.807, 2.05) is 27.2 Å². The Balaban J connectivity index is 4.20. The van der Waals surface area contributed by atoms with Crippen LogP contribution in [0.5, 0.6) is 0 Å². The SMILES string of the molecule is CCCCCCCC/C=C/C/C=C/CCC(=O)OCC(COCCC(C(=O)O)[N+](C)(C)C)OC(=O)CCCCCCCCCCCCCCCCCCCCCCCCC. The highest BCUT2D eigenvalue weighted by atomic mass is 16.6. The number of quaternary nitrogens is 1. The molecule has 0 aliphatic carbocycles. The van der Waals surface area contributed by atoms with Crippen LogP contribution < -0.4 is 0 Å². The first-order valence-corrected chi connectivity index (χ1v) is 25.4. The van der Waals surface area contributed by atoms with Gasteiger partial charge in [-0.25, -0.2) is 4.79 Å². The van der Waals surface area contributed by atoms with Gasteiger partial charge in [0.05, 0.1) is 34.4 Å². The maximum atomic E-state index is 12.8. The standard InChI is InChI=1S/C52H97NO7/c1-6-8-10-12-14-16-18-20-21-22-23-24-25-26-27-28-29-31-33-35-37-39-41-43-51(55)60-48(46-58-45-44-49(52(56)57)53(3,4)5)47-59-50(54)42-40-38-36-34-32-30-19-17-15-13-11-9-7-2/h30,32,36,38,48-49H,6-29,31,33-35,37,39-47H2,1-5H3/p+1/b32-30+,38-36+. The van der Waals surface area contributed by atoms with E-state index in [9.17, 15) is 19.5 Å². The van der Waals surface area contributed by atoms with Gasteiger partial charge in [-0.15, -0.1) is 0 Å². The van der Waals surface area contributed by atoms with Crippen molar-refractivity contribution in [3.8, 4) is 0 Å². The summed E-state index contributed by atoms with van der Waals surface area (Å²) in [5.41, 5.74) is 0. The third kappa shape index (κ3) is 41.2. The Hall–Kier alpha value is -2.19. The molecule has 8 nitrogen and oxygen atoms in total. The molecule has 0 saturated carbocycles. The zero-order valence-corrected chi connectivity index (χ0v) is 40.2. The van der Waals surface area contributed by atoms with Crippen LogP contribution in [0.25, 0.3) is 0 Å². The lowest BCUT2D eigenvalue weighted by Gasteiger charge is -2.31. The van der Waals surface area contributed by atoms with Crippen LogP contribution in [-0.4, -0.2) is 80.6 Å². The normalized spacial score (nSPS) is 13.0. The summed E-state index contributed by atoms with van der Waals surface area (Å²) in [4.78, 5) is 37.0. The number of esters is 2. The Morgan fingerprint density at radius 2 is 0.917 bits per heavy atom. The number of unbranched alkanes of at least 4 members (excludes halogenated alkanes) is 28. The number of nitrogens with zero attached hydrogens (tertiary/aromatic N) is 1.